The van der Waals surface area contributed by atoms with Gasteiger partial charge in [0.25, 0.3) is 0 Å². The van der Waals surface area contributed by atoms with Crippen LogP contribution in [0.15, 0.2) is 18.2 Å². The number of hydrogen-bond acceptors (Lipinski definition) is 2. The fourth-order valence-corrected chi connectivity index (χ4v) is 2.66. The van der Waals surface area contributed by atoms with Gasteiger partial charge in [-0.05, 0) is 40.2 Å². The Kier molecular flexibility index (Phi) is 4.57. The van der Waals surface area contributed by atoms with Crippen LogP contribution in [0.25, 0.3) is 11.0 Å². The number of imidazole rings is 1. The highest BCUT2D eigenvalue weighted by molar-refractivity contribution is 14.2. The summed E-state index contributed by atoms with van der Waals surface area (Å²) >= 11 is 2.19. The number of fused-ring (bicyclic) bond motifs is 1. The van der Waals surface area contributed by atoms with Crippen LogP contribution in [0.5, 0.6) is 0 Å². The molecule has 0 radical (unpaired) electrons. The molecule has 0 spiro atoms. The Balaban J connectivity index is 2.77. The quantitative estimate of drug-likeness (QED) is 0.569. The van der Waals surface area contributed by atoms with E-state index >= 15 is 0 Å². The van der Waals surface area contributed by atoms with E-state index in [1.807, 2.05) is 6.07 Å². The van der Waals surface area contributed by atoms with Gasteiger partial charge in [0.1, 0.15) is 5.82 Å². The number of para-hydroxylation sites is 1. The lowest BCUT2D eigenvalue weighted by Crippen LogP contribution is -2.06. The van der Waals surface area contributed by atoms with Crippen molar-refractivity contribution >= 4 is 41.2 Å². The molecule has 2 aromatic rings. The Labute approximate surface area is 124 Å². The van der Waals surface area contributed by atoms with Crippen molar-refractivity contribution in [3.05, 3.63) is 29.6 Å². The molecule has 0 aliphatic rings. The van der Waals surface area contributed by atoms with E-state index in [2.05, 4.69) is 69.8 Å². The van der Waals surface area contributed by atoms with E-state index in [1.165, 1.54) is 14.4 Å². The molecule has 2 rings (SSSR count). The highest BCUT2D eigenvalue weighted by Gasteiger charge is 2.14. The van der Waals surface area contributed by atoms with Crippen molar-refractivity contribution in [3.8, 4) is 11.2 Å². The van der Waals surface area contributed by atoms with Crippen molar-refractivity contribution in [1.82, 2.24) is 9.55 Å². The predicted molar refractivity (Wildman–Crippen MR) is 88.0 cm³/mol. The molecule has 2 nitrogen and oxygen atoms in total. The average Bonchev–Trinajstić information content (AvgIpc) is 2.75. The Morgan fingerprint density at radius 2 is 2.22 bits per heavy atom. The van der Waals surface area contributed by atoms with Gasteiger partial charge >= 0.3 is 0 Å². The Bertz CT molecular complexity index is 620. The first kappa shape index (κ1) is 13.8. The minimum absolute atomic E-state index is 0.403. The summed E-state index contributed by atoms with van der Waals surface area (Å²) in [4.78, 5) is 4.71. The number of hydrogen-bond donors (Lipinski definition) is 0. The number of aromatic nitrogens is 2. The molecule has 0 fully saturated rings. The van der Waals surface area contributed by atoms with Crippen LogP contribution >= 0.6 is 30.1 Å². The molecule has 1 aromatic heterocycles. The van der Waals surface area contributed by atoms with Gasteiger partial charge in [-0.15, -0.1) is 0 Å². The summed E-state index contributed by atoms with van der Waals surface area (Å²) in [5, 5.41) is 3.06. The van der Waals surface area contributed by atoms with Gasteiger partial charge in [-0.3, -0.25) is 0 Å². The molecule has 18 heavy (non-hydrogen) atoms. The molecule has 0 aliphatic heterocycles. The first-order valence-corrected chi connectivity index (χ1v) is 9.33. The zero-order valence-electron chi connectivity index (χ0n) is 10.7. The van der Waals surface area contributed by atoms with Gasteiger partial charge in [0, 0.05) is 33.7 Å². The summed E-state index contributed by atoms with van der Waals surface area (Å²) in [6, 6.07) is 6.57. The highest BCUT2D eigenvalue weighted by atomic mass is 127. The second-order valence-electron chi connectivity index (χ2n) is 4.32. The second kappa shape index (κ2) is 5.98. The molecule has 0 unspecified atom stereocenters. The van der Waals surface area contributed by atoms with Crippen molar-refractivity contribution in [3.63, 3.8) is 0 Å². The van der Waals surface area contributed by atoms with E-state index in [-0.39, 0.29) is 0 Å². The lowest BCUT2D eigenvalue weighted by atomic mass is 10.2. The Hall–Kier alpha value is -0.670. The normalized spacial score (nSPS) is 10.7. The molecule has 0 saturated carbocycles. The van der Waals surface area contributed by atoms with Gasteiger partial charge in [-0.2, -0.15) is 0 Å². The molecule has 0 N–H and O–H groups in total. The molecule has 0 amide bonds. The maximum atomic E-state index is 4.71. The zero-order chi connectivity index (χ0) is 13.1. The minimum atomic E-state index is 0.403. The topological polar surface area (TPSA) is 17.8 Å². The van der Waals surface area contributed by atoms with Gasteiger partial charge in [0.15, 0.2) is 0 Å². The summed E-state index contributed by atoms with van der Waals surface area (Å²) < 4.78 is 2.30. The fourth-order valence-electron chi connectivity index (χ4n) is 2.18. The molecule has 0 aliphatic carbocycles. The largest absolute Gasteiger partial charge is 0.324 e. The van der Waals surface area contributed by atoms with E-state index in [4.69, 9.17) is 4.98 Å². The predicted octanol–water partition coefficient (Wildman–Crippen LogP) is 4.57. The van der Waals surface area contributed by atoms with Crippen LogP contribution < -0.4 is 0 Å². The molecule has 94 valence electrons. The van der Waals surface area contributed by atoms with Gasteiger partial charge in [-0.25, -0.2) is 4.98 Å². The van der Waals surface area contributed by atoms with Crippen molar-refractivity contribution in [2.75, 3.05) is 0 Å². The average molecular weight is 370 g/mol. The molecule has 0 saturated heterocycles. The molecule has 1 aromatic carbocycles. The zero-order valence-corrected chi connectivity index (χ0v) is 13.7. The van der Waals surface area contributed by atoms with E-state index in [0.29, 0.717) is 6.04 Å². The second-order valence-corrected chi connectivity index (χ2v) is 6.00. The summed E-state index contributed by atoms with van der Waals surface area (Å²) in [6.45, 7) is 6.53. The van der Waals surface area contributed by atoms with Gasteiger partial charge in [0.2, 0.25) is 0 Å². The lowest BCUT2D eigenvalue weighted by Gasteiger charge is -2.12. The van der Waals surface area contributed by atoms with Crippen molar-refractivity contribution in [2.45, 2.75) is 33.2 Å². The number of benzene rings is 1. The first-order valence-electron chi connectivity index (χ1n) is 5.97. The smallest absolute Gasteiger partial charge is 0.109 e. The van der Waals surface area contributed by atoms with Gasteiger partial charge < -0.3 is 4.57 Å². The monoisotopic (exact) mass is 370 g/mol. The lowest BCUT2D eigenvalue weighted by molar-refractivity contribution is 0.588. The number of aryl methyl sites for hydroxylation is 1. The van der Waals surface area contributed by atoms with Crippen LogP contribution in [0.1, 0.15) is 38.2 Å². The van der Waals surface area contributed by atoms with E-state index in [9.17, 15) is 0 Å². The maximum Gasteiger partial charge on any atom is 0.109 e. The van der Waals surface area contributed by atoms with Crippen LogP contribution in [0.4, 0.5) is 0 Å². The SMILES string of the molecule is CCc1nc2cccc(C#CSI)c2n1C(C)C. The van der Waals surface area contributed by atoms with Crippen LogP contribution in [-0.4, -0.2) is 9.55 Å². The van der Waals surface area contributed by atoms with Crippen molar-refractivity contribution in [2.24, 2.45) is 0 Å². The summed E-state index contributed by atoms with van der Waals surface area (Å²) in [6.07, 6.45) is 0.945. The van der Waals surface area contributed by atoms with Crippen molar-refractivity contribution in [1.29, 1.82) is 0 Å². The maximum absolute atomic E-state index is 4.71. The Morgan fingerprint density at radius 1 is 1.44 bits per heavy atom. The van der Waals surface area contributed by atoms with Gasteiger partial charge in [-0.1, -0.05) is 18.9 Å². The summed E-state index contributed by atoms with van der Waals surface area (Å²) in [5.41, 5.74) is 3.28. The minimum Gasteiger partial charge on any atom is -0.324 e. The summed E-state index contributed by atoms with van der Waals surface area (Å²) in [7, 11) is 1.51. The molecular formula is C14H15IN2S. The van der Waals surface area contributed by atoms with Crippen LogP contribution in [0.2, 0.25) is 0 Å². The van der Waals surface area contributed by atoms with E-state index < -0.39 is 0 Å². The van der Waals surface area contributed by atoms with E-state index in [1.54, 1.807) is 0 Å². The standard InChI is InChI=1S/C14H15IN2S/c1-4-13-16-12-7-5-6-11(8-9-18-15)14(12)17(13)10(2)3/h5-7,10H,4H2,1-3H3. The first-order chi connectivity index (χ1) is 8.69. The molecule has 1 heterocycles. The number of rotatable bonds is 2. The molecule has 4 heteroatoms. The third kappa shape index (κ3) is 2.52. The fraction of sp³-hybridized carbons (Fsp3) is 0.357. The summed E-state index contributed by atoms with van der Waals surface area (Å²) in [5.74, 6) is 4.35. The number of halogens is 1. The highest BCUT2D eigenvalue weighted by Crippen LogP contribution is 2.24. The molecule has 0 bridgehead atoms. The molecule has 0 atom stereocenters. The molecular weight excluding hydrogens is 355 g/mol. The van der Waals surface area contributed by atoms with Crippen LogP contribution in [0, 0.1) is 11.2 Å². The van der Waals surface area contributed by atoms with E-state index in [0.717, 1.165) is 23.3 Å². The van der Waals surface area contributed by atoms with Gasteiger partial charge in [0.05, 0.1) is 16.6 Å². The van der Waals surface area contributed by atoms with Crippen LogP contribution in [-0.2, 0) is 6.42 Å². The third-order valence-electron chi connectivity index (χ3n) is 2.84. The Morgan fingerprint density at radius 3 is 2.83 bits per heavy atom. The van der Waals surface area contributed by atoms with Crippen molar-refractivity contribution < 1.29 is 0 Å². The third-order valence-corrected chi connectivity index (χ3v) is 3.68. The number of nitrogens with zero attached hydrogens (tertiary/aromatic N) is 2. The van der Waals surface area contributed by atoms with Crippen LogP contribution in [0.3, 0.4) is 0 Å².